The van der Waals surface area contributed by atoms with Gasteiger partial charge < -0.3 is 19.3 Å². The second-order valence-electron chi connectivity index (χ2n) is 6.41. The van der Waals surface area contributed by atoms with Gasteiger partial charge in [-0.3, -0.25) is 4.79 Å². The van der Waals surface area contributed by atoms with Gasteiger partial charge in [0.15, 0.2) is 6.61 Å². The van der Waals surface area contributed by atoms with Gasteiger partial charge in [-0.05, 0) is 29.8 Å². The summed E-state index contributed by atoms with van der Waals surface area (Å²) in [6, 6.07) is 17.2. The van der Waals surface area contributed by atoms with Crippen LogP contribution in [0.25, 0.3) is 0 Å². The van der Waals surface area contributed by atoms with Gasteiger partial charge in [0.25, 0.3) is 5.91 Å². The molecule has 0 spiro atoms. The molecule has 0 atom stereocenters. The van der Waals surface area contributed by atoms with E-state index in [1.165, 1.54) is 5.69 Å². The number of anilines is 1. The number of likely N-dealkylation sites (N-methyl/N-ethyl adjacent to an activating group) is 1. The number of hydrogen-bond acceptors (Lipinski definition) is 5. The lowest BCUT2D eigenvalue weighted by Crippen LogP contribution is -2.36. The lowest BCUT2D eigenvalue weighted by atomic mass is 10.1. The van der Waals surface area contributed by atoms with Crippen LogP contribution in [-0.4, -0.2) is 50.8 Å². The van der Waals surface area contributed by atoms with Crippen LogP contribution in [0.4, 0.5) is 5.69 Å². The van der Waals surface area contributed by atoms with E-state index in [0.717, 1.165) is 31.9 Å². The number of rotatable bonds is 6. The van der Waals surface area contributed by atoms with Crippen LogP contribution in [0.15, 0.2) is 48.5 Å². The first-order valence-electron chi connectivity index (χ1n) is 8.95. The molecule has 2 aromatic rings. The Morgan fingerprint density at radius 1 is 1.19 bits per heavy atom. The Morgan fingerprint density at radius 3 is 2.59 bits per heavy atom. The molecule has 27 heavy (non-hydrogen) atoms. The average molecular weight is 365 g/mol. The molecule has 1 aliphatic heterocycles. The highest BCUT2D eigenvalue weighted by molar-refractivity contribution is 5.77. The van der Waals surface area contributed by atoms with Gasteiger partial charge in [0.2, 0.25) is 0 Å². The molecule has 2 aromatic carbocycles. The van der Waals surface area contributed by atoms with E-state index >= 15 is 0 Å². The molecule has 6 nitrogen and oxygen atoms in total. The molecule has 0 saturated carbocycles. The second-order valence-corrected chi connectivity index (χ2v) is 6.41. The predicted molar refractivity (Wildman–Crippen MR) is 103 cm³/mol. The van der Waals surface area contributed by atoms with Crippen molar-refractivity contribution in [3.63, 3.8) is 0 Å². The molecule has 1 amide bonds. The standard InChI is InChI=1S/C21H23N3O3/c1-23(21(25)16-27-20-5-3-2-4-18(20)14-22)15-17-6-8-19(9-7-17)24-10-12-26-13-11-24/h2-9H,10-13,15-16H2,1H3. The molecule has 6 heteroatoms. The van der Waals surface area contributed by atoms with Gasteiger partial charge in [0, 0.05) is 32.4 Å². The van der Waals surface area contributed by atoms with Crippen molar-refractivity contribution >= 4 is 11.6 Å². The molecule has 0 aliphatic carbocycles. The summed E-state index contributed by atoms with van der Waals surface area (Å²) in [5, 5.41) is 9.07. The van der Waals surface area contributed by atoms with E-state index in [0.29, 0.717) is 17.9 Å². The number of nitrogens with zero attached hydrogens (tertiary/aromatic N) is 3. The van der Waals surface area contributed by atoms with Crippen molar-refractivity contribution in [2.45, 2.75) is 6.54 Å². The van der Waals surface area contributed by atoms with Crippen LogP contribution < -0.4 is 9.64 Å². The summed E-state index contributed by atoms with van der Waals surface area (Å²) in [6.45, 7) is 3.73. The highest BCUT2D eigenvalue weighted by Gasteiger charge is 2.13. The fraction of sp³-hybridized carbons (Fsp3) is 0.333. The molecule has 0 radical (unpaired) electrons. The molecule has 0 unspecified atom stereocenters. The third-order valence-corrected chi connectivity index (χ3v) is 4.52. The number of amides is 1. The van der Waals surface area contributed by atoms with Gasteiger partial charge in [-0.25, -0.2) is 0 Å². The molecule has 1 fully saturated rings. The Balaban J connectivity index is 1.52. The normalized spacial score (nSPS) is 13.7. The summed E-state index contributed by atoms with van der Waals surface area (Å²) in [7, 11) is 1.75. The molecule has 1 saturated heterocycles. The summed E-state index contributed by atoms with van der Waals surface area (Å²) in [6.07, 6.45) is 0. The highest BCUT2D eigenvalue weighted by Crippen LogP contribution is 2.18. The third kappa shape index (κ3) is 4.99. The summed E-state index contributed by atoms with van der Waals surface area (Å²) in [5.74, 6) is 0.289. The van der Waals surface area contributed by atoms with E-state index in [-0.39, 0.29) is 12.5 Å². The van der Waals surface area contributed by atoms with Crippen LogP contribution in [0.1, 0.15) is 11.1 Å². The number of carbonyl (C=O) groups excluding carboxylic acids is 1. The monoisotopic (exact) mass is 365 g/mol. The van der Waals surface area contributed by atoms with Gasteiger partial charge in [-0.1, -0.05) is 24.3 Å². The molecule has 0 N–H and O–H groups in total. The summed E-state index contributed by atoms with van der Waals surface area (Å²) < 4.78 is 10.9. The van der Waals surface area contributed by atoms with Crippen LogP contribution in [-0.2, 0) is 16.1 Å². The molecule has 0 bridgehead atoms. The fourth-order valence-corrected chi connectivity index (χ4v) is 2.93. The number of benzene rings is 2. The van der Waals surface area contributed by atoms with Gasteiger partial charge >= 0.3 is 0 Å². The van der Waals surface area contributed by atoms with E-state index in [9.17, 15) is 4.79 Å². The Kier molecular flexibility index (Phi) is 6.29. The van der Waals surface area contributed by atoms with Gasteiger partial charge in [-0.2, -0.15) is 5.26 Å². The van der Waals surface area contributed by atoms with E-state index in [4.69, 9.17) is 14.7 Å². The maximum atomic E-state index is 12.3. The zero-order valence-electron chi connectivity index (χ0n) is 15.4. The first-order chi connectivity index (χ1) is 13.2. The van der Waals surface area contributed by atoms with E-state index in [1.807, 2.05) is 12.1 Å². The SMILES string of the molecule is CN(Cc1ccc(N2CCOCC2)cc1)C(=O)COc1ccccc1C#N. The molecule has 1 heterocycles. The smallest absolute Gasteiger partial charge is 0.260 e. The number of carbonyl (C=O) groups is 1. The zero-order chi connectivity index (χ0) is 19.1. The van der Waals surface area contributed by atoms with Crippen LogP contribution in [0.3, 0.4) is 0 Å². The minimum absolute atomic E-state index is 0.0962. The lowest BCUT2D eigenvalue weighted by molar-refractivity contribution is -0.132. The minimum atomic E-state index is -0.139. The quantitative estimate of drug-likeness (QED) is 0.787. The van der Waals surface area contributed by atoms with Crippen LogP contribution in [0.5, 0.6) is 5.75 Å². The first kappa shape index (κ1) is 18.7. The summed E-state index contributed by atoms with van der Waals surface area (Å²) in [5.41, 5.74) is 2.65. The summed E-state index contributed by atoms with van der Waals surface area (Å²) in [4.78, 5) is 16.2. The first-order valence-corrected chi connectivity index (χ1v) is 8.95. The van der Waals surface area contributed by atoms with Crippen molar-refractivity contribution in [3.8, 4) is 11.8 Å². The molecular weight excluding hydrogens is 342 g/mol. The Bertz CT molecular complexity index is 808. The number of nitriles is 1. The van der Waals surface area contributed by atoms with Crippen molar-refractivity contribution in [1.82, 2.24) is 4.90 Å². The van der Waals surface area contributed by atoms with Crippen LogP contribution in [0, 0.1) is 11.3 Å². The minimum Gasteiger partial charge on any atom is -0.482 e. The molecule has 0 aromatic heterocycles. The Labute approximate surface area is 159 Å². The molecule has 140 valence electrons. The topological polar surface area (TPSA) is 65.8 Å². The van der Waals surface area contributed by atoms with Crippen molar-refractivity contribution < 1.29 is 14.3 Å². The Hall–Kier alpha value is -3.04. The molecule has 1 aliphatic rings. The van der Waals surface area contributed by atoms with E-state index in [2.05, 4.69) is 23.1 Å². The predicted octanol–water partition coefficient (Wildman–Crippen LogP) is 2.43. The average Bonchev–Trinajstić information content (AvgIpc) is 2.73. The maximum Gasteiger partial charge on any atom is 0.260 e. The number of hydrogen-bond donors (Lipinski definition) is 0. The van der Waals surface area contributed by atoms with Crippen molar-refractivity contribution in [2.75, 3.05) is 44.9 Å². The fourth-order valence-electron chi connectivity index (χ4n) is 2.93. The lowest BCUT2D eigenvalue weighted by Gasteiger charge is -2.29. The highest BCUT2D eigenvalue weighted by atomic mass is 16.5. The van der Waals surface area contributed by atoms with Crippen molar-refractivity contribution in [1.29, 1.82) is 5.26 Å². The second kappa shape index (κ2) is 9.06. The van der Waals surface area contributed by atoms with Gasteiger partial charge in [0.05, 0.1) is 18.8 Å². The number of morpholine rings is 1. The Morgan fingerprint density at radius 2 is 1.89 bits per heavy atom. The maximum absolute atomic E-state index is 12.3. The molecule has 3 rings (SSSR count). The van der Waals surface area contributed by atoms with E-state index in [1.54, 1.807) is 36.2 Å². The van der Waals surface area contributed by atoms with Crippen LogP contribution >= 0.6 is 0 Å². The van der Waals surface area contributed by atoms with Gasteiger partial charge in [-0.15, -0.1) is 0 Å². The largest absolute Gasteiger partial charge is 0.482 e. The molecular formula is C21H23N3O3. The van der Waals surface area contributed by atoms with Crippen molar-refractivity contribution in [3.05, 3.63) is 59.7 Å². The van der Waals surface area contributed by atoms with Gasteiger partial charge in [0.1, 0.15) is 11.8 Å². The van der Waals surface area contributed by atoms with E-state index < -0.39 is 0 Å². The number of para-hydroxylation sites is 1. The third-order valence-electron chi connectivity index (χ3n) is 4.52. The number of ether oxygens (including phenoxy) is 2. The van der Waals surface area contributed by atoms with Crippen molar-refractivity contribution in [2.24, 2.45) is 0 Å². The van der Waals surface area contributed by atoms with Crippen LogP contribution in [0.2, 0.25) is 0 Å². The summed E-state index contributed by atoms with van der Waals surface area (Å²) >= 11 is 0. The zero-order valence-corrected chi connectivity index (χ0v) is 15.4.